The number of aliphatic hydroxyl groups excluding tert-OH is 1. The minimum absolute atomic E-state index is 0.0242. The summed E-state index contributed by atoms with van der Waals surface area (Å²) in [4.78, 5) is 9.65. The van der Waals surface area contributed by atoms with Crippen molar-refractivity contribution < 1.29 is 5.11 Å². The van der Waals surface area contributed by atoms with Crippen molar-refractivity contribution in [2.24, 2.45) is 0 Å². The molecular formula is C22H22N6O. The van der Waals surface area contributed by atoms with E-state index < -0.39 is 0 Å². The largest absolute Gasteiger partial charge is 0.392 e. The van der Waals surface area contributed by atoms with Crippen molar-refractivity contribution in [3.05, 3.63) is 77.1 Å². The van der Waals surface area contributed by atoms with Crippen molar-refractivity contribution in [1.29, 1.82) is 0 Å². The Morgan fingerprint density at radius 1 is 1.07 bits per heavy atom. The fraction of sp³-hybridized carbons (Fsp3) is 0.227. The predicted octanol–water partition coefficient (Wildman–Crippen LogP) is 2.57. The Morgan fingerprint density at radius 3 is 2.83 bits per heavy atom. The minimum Gasteiger partial charge on any atom is -0.392 e. The highest BCUT2D eigenvalue weighted by atomic mass is 16.3. The van der Waals surface area contributed by atoms with Gasteiger partial charge in [0, 0.05) is 37.0 Å². The summed E-state index contributed by atoms with van der Waals surface area (Å²) in [6.45, 7) is 2.32. The van der Waals surface area contributed by atoms with Crippen LogP contribution >= 0.6 is 0 Å². The molecule has 3 N–H and O–H groups in total. The average molecular weight is 386 g/mol. The molecule has 29 heavy (non-hydrogen) atoms. The third-order valence-corrected chi connectivity index (χ3v) is 5.29. The highest BCUT2D eigenvalue weighted by Crippen LogP contribution is 2.25. The zero-order chi connectivity index (χ0) is 19.6. The second-order valence-corrected chi connectivity index (χ2v) is 7.13. The summed E-state index contributed by atoms with van der Waals surface area (Å²) in [5.41, 5.74) is 5.09. The molecule has 7 heteroatoms. The highest BCUT2D eigenvalue weighted by molar-refractivity contribution is 5.83. The van der Waals surface area contributed by atoms with E-state index in [1.807, 2.05) is 36.4 Å². The van der Waals surface area contributed by atoms with E-state index in [1.54, 1.807) is 10.9 Å². The molecule has 0 unspecified atom stereocenters. The molecule has 1 aliphatic heterocycles. The number of nitrogens with one attached hydrogen (secondary N) is 2. The molecule has 0 spiro atoms. The van der Waals surface area contributed by atoms with Gasteiger partial charge in [-0.15, -0.1) is 0 Å². The molecule has 0 saturated heterocycles. The molecule has 0 amide bonds. The molecule has 7 nitrogen and oxygen atoms in total. The fourth-order valence-corrected chi connectivity index (χ4v) is 3.76. The lowest BCUT2D eigenvalue weighted by Gasteiger charge is -2.21. The monoisotopic (exact) mass is 386 g/mol. The third kappa shape index (κ3) is 3.35. The molecule has 0 radical (unpaired) electrons. The second kappa shape index (κ2) is 7.62. The normalized spacial score (nSPS) is 13.4. The molecule has 146 valence electrons. The summed E-state index contributed by atoms with van der Waals surface area (Å²) in [7, 11) is 0. The van der Waals surface area contributed by atoms with Crippen LogP contribution in [-0.2, 0) is 26.1 Å². The van der Waals surface area contributed by atoms with Crippen LogP contribution in [0.4, 0.5) is 5.82 Å². The first-order chi connectivity index (χ1) is 14.3. The smallest absolute Gasteiger partial charge is 0.253 e. The minimum atomic E-state index is -0.0242. The topological polar surface area (TPSA) is 87.9 Å². The van der Waals surface area contributed by atoms with E-state index in [4.69, 9.17) is 9.97 Å². The number of benzene rings is 2. The highest BCUT2D eigenvalue weighted by Gasteiger charge is 2.19. The van der Waals surface area contributed by atoms with Gasteiger partial charge in [-0.3, -0.25) is 0 Å². The lowest BCUT2D eigenvalue weighted by Crippen LogP contribution is -2.27. The first kappa shape index (κ1) is 17.8. The van der Waals surface area contributed by atoms with E-state index in [0.717, 1.165) is 53.1 Å². The Labute approximate surface area is 168 Å². The van der Waals surface area contributed by atoms with Crippen molar-refractivity contribution in [3.63, 3.8) is 0 Å². The quantitative estimate of drug-likeness (QED) is 0.489. The maximum absolute atomic E-state index is 9.61. The Kier molecular flexibility index (Phi) is 4.67. The Balaban J connectivity index is 1.57. The first-order valence-electron chi connectivity index (χ1n) is 9.78. The number of nitrogens with zero attached hydrogens (tertiary/aromatic N) is 4. The van der Waals surface area contributed by atoms with Gasteiger partial charge in [-0.1, -0.05) is 42.5 Å². The molecule has 2 aromatic carbocycles. The van der Waals surface area contributed by atoms with E-state index in [1.165, 1.54) is 5.56 Å². The number of aliphatic hydroxyl groups is 1. The summed E-state index contributed by atoms with van der Waals surface area (Å²) >= 11 is 0. The van der Waals surface area contributed by atoms with Crippen molar-refractivity contribution in [1.82, 2.24) is 25.1 Å². The number of aromatic nitrogens is 4. The van der Waals surface area contributed by atoms with Crippen LogP contribution in [0.2, 0.25) is 0 Å². The SMILES string of the molecule is OCc1cccc2c1cnn2-c1nc2c(c(NCc3ccccc3)n1)CNCC2. The number of fused-ring (bicyclic) bond motifs is 2. The van der Waals surface area contributed by atoms with Crippen molar-refractivity contribution >= 4 is 16.7 Å². The van der Waals surface area contributed by atoms with Gasteiger partial charge in [0.15, 0.2) is 0 Å². The van der Waals surface area contributed by atoms with Crippen LogP contribution in [0.1, 0.15) is 22.4 Å². The standard InChI is InChI=1S/C22H22N6O/c29-14-16-7-4-8-20-17(16)13-25-28(20)22-26-19-9-10-23-12-18(19)21(27-22)24-11-15-5-2-1-3-6-15/h1-8,13,23,29H,9-12,14H2,(H,24,26,27). The number of hydrogen-bond donors (Lipinski definition) is 3. The van der Waals surface area contributed by atoms with E-state index in [9.17, 15) is 5.11 Å². The van der Waals surface area contributed by atoms with E-state index in [0.29, 0.717) is 12.5 Å². The van der Waals surface area contributed by atoms with Crippen LogP contribution in [0.15, 0.2) is 54.7 Å². The summed E-state index contributed by atoms with van der Waals surface area (Å²) in [6, 6.07) is 16.1. The molecule has 0 saturated carbocycles. The molecular weight excluding hydrogens is 364 g/mol. The molecule has 0 bridgehead atoms. The molecule has 1 aliphatic rings. The van der Waals surface area contributed by atoms with Gasteiger partial charge in [0.25, 0.3) is 5.95 Å². The van der Waals surface area contributed by atoms with E-state index in [2.05, 4.69) is 27.9 Å². The van der Waals surface area contributed by atoms with Gasteiger partial charge in [0.1, 0.15) is 5.82 Å². The van der Waals surface area contributed by atoms with Gasteiger partial charge in [-0.05, 0) is 17.2 Å². The number of hydrogen-bond acceptors (Lipinski definition) is 6. The first-order valence-corrected chi connectivity index (χ1v) is 9.78. The lowest BCUT2D eigenvalue weighted by atomic mass is 10.1. The Bertz CT molecular complexity index is 1150. The predicted molar refractivity (Wildman–Crippen MR) is 112 cm³/mol. The number of anilines is 1. The molecule has 5 rings (SSSR count). The van der Waals surface area contributed by atoms with E-state index in [-0.39, 0.29) is 6.61 Å². The molecule has 4 aromatic rings. The molecule has 3 heterocycles. The van der Waals surface area contributed by atoms with Gasteiger partial charge >= 0.3 is 0 Å². The van der Waals surface area contributed by atoms with Gasteiger partial charge in [-0.2, -0.15) is 14.8 Å². The maximum Gasteiger partial charge on any atom is 0.253 e. The second-order valence-electron chi connectivity index (χ2n) is 7.13. The van der Waals surface area contributed by atoms with Crippen LogP contribution < -0.4 is 10.6 Å². The summed E-state index contributed by atoms with van der Waals surface area (Å²) in [5, 5.41) is 21.9. The summed E-state index contributed by atoms with van der Waals surface area (Å²) < 4.78 is 1.75. The van der Waals surface area contributed by atoms with Crippen LogP contribution in [0, 0.1) is 0 Å². The average Bonchev–Trinajstić information content (AvgIpc) is 3.22. The lowest BCUT2D eigenvalue weighted by molar-refractivity contribution is 0.283. The fourth-order valence-electron chi connectivity index (χ4n) is 3.76. The van der Waals surface area contributed by atoms with Gasteiger partial charge in [0.2, 0.25) is 0 Å². The van der Waals surface area contributed by atoms with Gasteiger partial charge in [0.05, 0.1) is 24.0 Å². The van der Waals surface area contributed by atoms with E-state index >= 15 is 0 Å². The maximum atomic E-state index is 9.61. The van der Waals surface area contributed by atoms with Crippen LogP contribution in [0.5, 0.6) is 0 Å². The van der Waals surface area contributed by atoms with Crippen LogP contribution in [0.3, 0.4) is 0 Å². The number of rotatable bonds is 5. The Hall–Kier alpha value is -3.29. The zero-order valence-corrected chi connectivity index (χ0v) is 16.0. The van der Waals surface area contributed by atoms with Crippen LogP contribution in [-0.4, -0.2) is 31.4 Å². The molecule has 0 aliphatic carbocycles. The zero-order valence-electron chi connectivity index (χ0n) is 16.0. The summed E-state index contributed by atoms with van der Waals surface area (Å²) in [6.07, 6.45) is 2.62. The van der Waals surface area contributed by atoms with Crippen molar-refractivity contribution in [2.45, 2.75) is 26.1 Å². The van der Waals surface area contributed by atoms with Crippen molar-refractivity contribution in [2.75, 3.05) is 11.9 Å². The van der Waals surface area contributed by atoms with Gasteiger partial charge in [-0.25, -0.2) is 4.98 Å². The summed E-state index contributed by atoms with van der Waals surface area (Å²) in [5.74, 6) is 1.38. The third-order valence-electron chi connectivity index (χ3n) is 5.29. The molecule has 0 fully saturated rings. The molecule has 0 atom stereocenters. The Morgan fingerprint density at radius 2 is 1.97 bits per heavy atom. The molecule has 2 aromatic heterocycles. The van der Waals surface area contributed by atoms with Crippen LogP contribution in [0.25, 0.3) is 16.9 Å². The van der Waals surface area contributed by atoms with Crippen molar-refractivity contribution in [3.8, 4) is 5.95 Å². The van der Waals surface area contributed by atoms with Gasteiger partial charge < -0.3 is 15.7 Å².